The minimum atomic E-state index is -4.81. The van der Waals surface area contributed by atoms with Crippen LogP contribution in [0.5, 0.6) is 0 Å². The van der Waals surface area contributed by atoms with Gasteiger partial charge in [-0.1, -0.05) is 18.2 Å². The SMILES string of the molecule is CNC(=O)c1cccc(NS(=O)(=O)c2ccccc2C(F)(F)F)c1. The normalized spacial score (nSPS) is 11.8. The highest BCUT2D eigenvalue weighted by Gasteiger charge is 2.36. The summed E-state index contributed by atoms with van der Waals surface area (Å²) >= 11 is 0. The quantitative estimate of drug-likeness (QED) is 0.883. The third-order valence-electron chi connectivity index (χ3n) is 3.09. The molecule has 128 valence electrons. The van der Waals surface area contributed by atoms with Crippen LogP contribution < -0.4 is 10.0 Å². The average molecular weight is 358 g/mol. The minimum Gasteiger partial charge on any atom is -0.355 e. The van der Waals surface area contributed by atoms with Crippen LogP contribution in [0.3, 0.4) is 0 Å². The molecule has 0 aliphatic rings. The van der Waals surface area contributed by atoms with Crippen molar-refractivity contribution in [3.8, 4) is 0 Å². The molecule has 1 amide bonds. The molecule has 2 aromatic carbocycles. The molecule has 2 N–H and O–H groups in total. The fourth-order valence-electron chi connectivity index (χ4n) is 2.01. The summed E-state index contributed by atoms with van der Waals surface area (Å²) in [5.74, 6) is -0.452. The molecule has 0 aliphatic heterocycles. The van der Waals surface area contributed by atoms with Crippen molar-refractivity contribution in [3.05, 3.63) is 59.7 Å². The fourth-order valence-corrected chi connectivity index (χ4v) is 3.29. The second-order valence-electron chi connectivity index (χ2n) is 4.76. The summed E-state index contributed by atoms with van der Waals surface area (Å²) < 4.78 is 65.6. The van der Waals surface area contributed by atoms with E-state index < -0.39 is 32.6 Å². The molecule has 2 rings (SSSR count). The lowest BCUT2D eigenvalue weighted by molar-refractivity contribution is -0.139. The molecule has 0 bridgehead atoms. The number of amides is 1. The van der Waals surface area contributed by atoms with Crippen molar-refractivity contribution in [2.45, 2.75) is 11.1 Å². The van der Waals surface area contributed by atoms with Crippen LogP contribution in [0.4, 0.5) is 18.9 Å². The second kappa shape index (κ2) is 6.52. The maximum absolute atomic E-state index is 13.0. The predicted molar refractivity (Wildman–Crippen MR) is 82.1 cm³/mol. The molecular weight excluding hydrogens is 345 g/mol. The molecule has 24 heavy (non-hydrogen) atoms. The molecule has 0 saturated carbocycles. The topological polar surface area (TPSA) is 75.3 Å². The number of halogens is 3. The first-order valence-corrected chi connectivity index (χ1v) is 8.14. The zero-order valence-corrected chi connectivity index (χ0v) is 13.2. The second-order valence-corrected chi connectivity index (χ2v) is 6.41. The lowest BCUT2D eigenvalue weighted by Gasteiger charge is -2.14. The molecule has 0 atom stereocenters. The standard InChI is InChI=1S/C15H13F3N2O3S/c1-19-14(21)10-5-4-6-11(9-10)20-24(22,23)13-8-3-2-7-12(13)15(16,17)18/h2-9,20H,1H3,(H,19,21). The number of benzene rings is 2. The Morgan fingerprint density at radius 3 is 2.33 bits per heavy atom. The van der Waals surface area contributed by atoms with E-state index in [1.54, 1.807) is 0 Å². The van der Waals surface area contributed by atoms with Gasteiger partial charge in [-0.2, -0.15) is 13.2 Å². The summed E-state index contributed by atoms with van der Waals surface area (Å²) in [5.41, 5.74) is -1.12. The van der Waals surface area contributed by atoms with Crippen molar-refractivity contribution in [1.82, 2.24) is 5.32 Å². The van der Waals surface area contributed by atoms with E-state index in [0.29, 0.717) is 6.07 Å². The van der Waals surface area contributed by atoms with Crippen LogP contribution in [0.15, 0.2) is 53.4 Å². The molecule has 9 heteroatoms. The Morgan fingerprint density at radius 2 is 1.71 bits per heavy atom. The number of hydrogen-bond donors (Lipinski definition) is 2. The summed E-state index contributed by atoms with van der Waals surface area (Å²) in [6.45, 7) is 0. The van der Waals surface area contributed by atoms with Gasteiger partial charge in [-0.15, -0.1) is 0 Å². The van der Waals surface area contributed by atoms with Crippen LogP contribution in [0, 0.1) is 0 Å². The van der Waals surface area contributed by atoms with Gasteiger partial charge in [0.25, 0.3) is 15.9 Å². The molecule has 0 radical (unpaired) electrons. The van der Waals surface area contributed by atoms with E-state index in [1.807, 2.05) is 0 Å². The van der Waals surface area contributed by atoms with Gasteiger partial charge in [-0.3, -0.25) is 9.52 Å². The molecule has 5 nitrogen and oxygen atoms in total. The Hall–Kier alpha value is -2.55. The number of hydrogen-bond acceptors (Lipinski definition) is 3. The Labute approximate surface area is 136 Å². The van der Waals surface area contributed by atoms with Gasteiger partial charge in [-0.25, -0.2) is 8.42 Å². The summed E-state index contributed by atoms with van der Waals surface area (Å²) in [7, 11) is -3.08. The van der Waals surface area contributed by atoms with Gasteiger partial charge in [0.15, 0.2) is 0 Å². The van der Waals surface area contributed by atoms with Gasteiger partial charge in [0.2, 0.25) is 0 Å². The van der Waals surface area contributed by atoms with E-state index in [1.165, 1.54) is 37.4 Å². The first kappa shape index (κ1) is 17.8. The van der Waals surface area contributed by atoms with Crippen molar-refractivity contribution in [1.29, 1.82) is 0 Å². The Balaban J connectivity index is 2.42. The van der Waals surface area contributed by atoms with E-state index >= 15 is 0 Å². The summed E-state index contributed by atoms with van der Waals surface area (Å²) in [6.07, 6.45) is -4.81. The highest BCUT2D eigenvalue weighted by Crippen LogP contribution is 2.34. The van der Waals surface area contributed by atoms with Gasteiger partial charge >= 0.3 is 6.18 Å². The van der Waals surface area contributed by atoms with Crippen LogP contribution in [0.25, 0.3) is 0 Å². The summed E-state index contributed by atoms with van der Waals surface area (Å²) in [5, 5.41) is 2.37. The maximum Gasteiger partial charge on any atom is 0.417 e. The van der Waals surface area contributed by atoms with E-state index in [-0.39, 0.29) is 11.3 Å². The number of carbonyl (C=O) groups excluding carboxylic acids is 1. The number of nitrogens with one attached hydrogen (secondary N) is 2. The van der Waals surface area contributed by atoms with E-state index in [9.17, 15) is 26.4 Å². The molecule has 0 spiro atoms. The predicted octanol–water partition coefficient (Wildman–Crippen LogP) is 2.87. The summed E-state index contributed by atoms with van der Waals surface area (Å²) in [4.78, 5) is 10.7. The first-order valence-electron chi connectivity index (χ1n) is 6.66. The Bertz CT molecular complexity index is 864. The third-order valence-corrected chi connectivity index (χ3v) is 4.53. The van der Waals surface area contributed by atoms with Crippen molar-refractivity contribution in [2.24, 2.45) is 0 Å². The van der Waals surface area contributed by atoms with Crippen LogP contribution in [-0.4, -0.2) is 21.4 Å². The smallest absolute Gasteiger partial charge is 0.355 e. The molecule has 0 heterocycles. The van der Waals surface area contributed by atoms with Gasteiger partial charge in [0, 0.05) is 18.3 Å². The van der Waals surface area contributed by atoms with Crippen molar-refractivity contribution in [2.75, 3.05) is 11.8 Å². The van der Waals surface area contributed by atoms with Crippen molar-refractivity contribution < 1.29 is 26.4 Å². The Morgan fingerprint density at radius 1 is 1.04 bits per heavy atom. The number of alkyl halides is 3. The van der Waals surface area contributed by atoms with Crippen LogP contribution in [0.2, 0.25) is 0 Å². The van der Waals surface area contributed by atoms with Gasteiger partial charge in [0.1, 0.15) is 0 Å². The van der Waals surface area contributed by atoms with E-state index in [0.717, 1.165) is 12.1 Å². The summed E-state index contributed by atoms with van der Waals surface area (Å²) in [6, 6.07) is 9.28. The maximum atomic E-state index is 13.0. The number of sulfonamides is 1. The molecule has 0 aromatic heterocycles. The molecule has 2 aromatic rings. The monoisotopic (exact) mass is 358 g/mol. The first-order chi connectivity index (χ1) is 11.1. The average Bonchev–Trinajstić information content (AvgIpc) is 2.53. The van der Waals surface area contributed by atoms with Gasteiger partial charge < -0.3 is 5.32 Å². The Kier molecular flexibility index (Phi) is 4.83. The van der Waals surface area contributed by atoms with Crippen LogP contribution >= 0.6 is 0 Å². The number of anilines is 1. The molecule has 0 aliphatic carbocycles. The molecule has 0 saturated heterocycles. The number of rotatable bonds is 4. The molecule has 0 unspecified atom stereocenters. The van der Waals surface area contributed by atoms with Gasteiger partial charge in [0.05, 0.1) is 10.5 Å². The van der Waals surface area contributed by atoms with Crippen molar-refractivity contribution in [3.63, 3.8) is 0 Å². The highest BCUT2D eigenvalue weighted by atomic mass is 32.2. The lowest BCUT2D eigenvalue weighted by atomic mass is 10.2. The zero-order chi connectivity index (χ0) is 18.0. The fraction of sp³-hybridized carbons (Fsp3) is 0.133. The third kappa shape index (κ3) is 3.85. The van der Waals surface area contributed by atoms with E-state index in [4.69, 9.17) is 0 Å². The number of carbonyl (C=O) groups is 1. The van der Waals surface area contributed by atoms with Crippen LogP contribution in [0.1, 0.15) is 15.9 Å². The largest absolute Gasteiger partial charge is 0.417 e. The van der Waals surface area contributed by atoms with Gasteiger partial charge in [-0.05, 0) is 30.3 Å². The molecular formula is C15H13F3N2O3S. The van der Waals surface area contributed by atoms with Crippen LogP contribution in [-0.2, 0) is 16.2 Å². The van der Waals surface area contributed by atoms with Crippen molar-refractivity contribution >= 4 is 21.6 Å². The lowest BCUT2D eigenvalue weighted by Crippen LogP contribution is -2.20. The minimum absolute atomic E-state index is 0.0203. The van der Waals surface area contributed by atoms with E-state index in [2.05, 4.69) is 10.0 Å². The highest BCUT2D eigenvalue weighted by molar-refractivity contribution is 7.92. The zero-order valence-electron chi connectivity index (χ0n) is 12.4. The molecule has 0 fully saturated rings.